The minimum atomic E-state index is -4.38. The fraction of sp³-hybridized carbons (Fsp3) is 0.364. The van der Waals surface area contributed by atoms with Crippen LogP contribution in [0.5, 0.6) is 0 Å². The van der Waals surface area contributed by atoms with Crippen molar-refractivity contribution < 1.29 is 21.6 Å². The first-order valence-corrected chi connectivity index (χ1v) is 11.2. The molecular weight excluding hydrogens is 399 g/mol. The van der Waals surface area contributed by atoms with Gasteiger partial charge in [0, 0.05) is 0 Å². The first-order valence-electron chi connectivity index (χ1n) is 9.46. The number of nitrogens with two attached hydrogens (primary N) is 1. The molecule has 2 N–H and O–H groups in total. The Kier molecular flexibility index (Phi) is 4.66. The van der Waals surface area contributed by atoms with Gasteiger partial charge in [-0.1, -0.05) is 36.4 Å². The average Bonchev–Trinajstić information content (AvgIpc) is 3.25. The predicted octanol–water partition coefficient (Wildman–Crippen LogP) is 5.29. The molecule has 0 unspecified atom stereocenters. The van der Waals surface area contributed by atoms with E-state index in [2.05, 4.69) is 0 Å². The van der Waals surface area contributed by atoms with Crippen molar-refractivity contribution in [3.05, 3.63) is 70.3 Å². The molecule has 29 heavy (non-hydrogen) atoms. The molecule has 0 atom stereocenters. The van der Waals surface area contributed by atoms with Gasteiger partial charge in [0.05, 0.1) is 11.3 Å². The average molecular weight is 421 g/mol. The number of hydrogen-bond donors (Lipinski definition) is 1. The van der Waals surface area contributed by atoms with Gasteiger partial charge in [0.25, 0.3) is 0 Å². The molecule has 3 nitrogen and oxygen atoms in total. The van der Waals surface area contributed by atoms with Gasteiger partial charge >= 0.3 is 6.18 Å². The summed E-state index contributed by atoms with van der Waals surface area (Å²) in [5.74, 6) is -0.240. The molecule has 4 rings (SSSR count). The number of aryl methyl sites for hydroxylation is 1. The number of sulfonamides is 1. The molecule has 0 saturated heterocycles. The van der Waals surface area contributed by atoms with Crippen LogP contribution in [0.15, 0.2) is 42.5 Å². The maximum Gasteiger partial charge on any atom is 0.416 e. The number of halogens is 3. The van der Waals surface area contributed by atoms with Gasteiger partial charge in [-0.3, -0.25) is 0 Å². The van der Waals surface area contributed by atoms with E-state index in [9.17, 15) is 21.6 Å². The fourth-order valence-electron chi connectivity index (χ4n) is 4.26. The highest BCUT2D eigenvalue weighted by Crippen LogP contribution is 2.63. The molecule has 7 heteroatoms. The predicted molar refractivity (Wildman–Crippen MR) is 107 cm³/mol. The van der Waals surface area contributed by atoms with E-state index in [-0.39, 0.29) is 16.7 Å². The van der Waals surface area contributed by atoms with Crippen molar-refractivity contribution in [2.75, 3.05) is 0 Å². The van der Waals surface area contributed by atoms with E-state index in [0.29, 0.717) is 11.1 Å². The first-order chi connectivity index (χ1) is 13.5. The minimum Gasteiger partial charge on any atom is -0.228 e. The lowest BCUT2D eigenvalue weighted by Gasteiger charge is -2.14. The smallest absolute Gasteiger partial charge is 0.228 e. The van der Waals surface area contributed by atoms with E-state index >= 15 is 0 Å². The van der Waals surface area contributed by atoms with Gasteiger partial charge in [0.2, 0.25) is 10.0 Å². The number of allylic oxidation sites excluding steroid dienone is 2. The lowest BCUT2D eigenvalue weighted by Crippen LogP contribution is -2.14. The second kappa shape index (κ2) is 6.71. The van der Waals surface area contributed by atoms with Gasteiger partial charge < -0.3 is 0 Å². The van der Waals surface area contributed by atoms with E-state index in [0.717, 1.165) is 42.4 Å². The summed E-state index contributed by atoms with van der Waals surface area (Å²) in [5, 5.41) is 5.10. The van der Waals surface area contributed by atoms with Crippen LogP contribution in [0.25, 0.3) is 11.1 Å². The van der Waals surface area contributed by atoms with Crippen LogP contribution in [0, 0.1) is 12.3 Å². The Morgan fingerprint density at radius 2 is 1.52 bits per heavy atom. The van der Waals surface area contributed by atoms with Crippen molar-refractivity contribution in [3.8, 4) is 0 Å². The Morgan fingerprint density at radius 1 is 0.966 bits per heavy atom. The molecule has 1 saturated carbocycles. The van der Waals surface area contributed by atoms with Crippen molar-refractivity contribution in [1.29, 1.82) is 0 Å². The summed E-state index contributed by atoms with van der Waals surface area (Å²) in [6.45, 7) is 1.48. The van der Waals surface area contributed by atoms with Gasteiger partial charge in [-0.05, 0) is 77.5 Å². The summed E-state index contributed by atoms with van der Waals surface area (Å²) in [6, 6.07) is 11.7. The molecule has 0 amide bonds. The molecule has 0 aliphatic heterocycles. The van der Waals surface area contributed by atoms with Crippen LogP contribution >= 0.6 is 0 Å². The zero-order chi connectivity index (χ0) is 21.0. The minimum absolute atomic E-state index is 0.174. The Hall–Kier alpha value is -2.12. The lowest BCUT2D eigenvalue weighted by atomic mass is 9.94. The van der Waals surface area contributed by atoms with Gasteiger partial charge in [0.1, 0.15) is 0 Å². The third-order valence-electron chi connectivity index (χ3n) is 5.99. The summed E-state index contributed by atoms with van der Waals surface area (Å²) in [4.78, 5) is 0. The van der Waals surface area contributed by atoms with Gasteiger partial charge in [0.15, 0.2) is 0 Å². The highest BCUT2D eigenvalue weighted by Gasteiger charge is 2.48. The topological polar surface area (TPSA) is 60.2 Å². The number of hydrogen-bond acceptors (Lipinski definition) is 2. The van der Waals surface area contributed by atoms with Crippen molar-refractivity contribution in [3.63, 3.8) is 0 Å². The van der Waals surface area contributed by atoms with E-state index < -0.39 is 21.8 Å². The molecule has 1 spiro atoms. The number of benzene rings is 2. The Balaban J connectivity index is 1.75. The van der Waals surface area contributed by atoms with E-state index in [4.69, 9.17) is 5.14 Å². The van der Waals surface area contributed by atoms with Crippen LogP contribution in [0.2, 0.25) is 0 Å². The van der Waals surface area contributed by atoms with E-state index in [1.807, 2.05) is 12.1 Å². The van der Waals surface area contributed by atoms with Crippen LogP contribution < -0.4 is 5.14 Å². The van der Waals surface area contributed by atoms with Gasteiger partial charge in [-0.2, -0.15) is 13.2 Å². The maximum absolute atomic E-state index is 13.4. The highest BCUT2D eigenvalue weighted by molar-refractivity contribution is 7.88. The third-order valence-corrected chi connectivity index (χ3v) is 6.72. The van der Waals surface area contributed by atoms with Crippen molar-refractivity contribution in [2.45, 2.75) is 44.5 Å². The Labute approximate surface area is 168 Å². The van der Waals surface area contributed by atoms with E-state index in [1.165, 1.54) is 19.1 Å². The molecule has 0 radical (unpaired) electrons. The molecule has 0 bridgehead atoms. The molecule has 2 aliphatic carbocycles. The quantitative estimate of drug-likeness (QED) is 0.729. The van der Waals surface area contributed by atoms with Crippen molar-refractivity contribution in [1.82, 2.24) is 0 Å². The molecule has 2 aromatic rings. The van der Waals surface area contributed by atoms with Gasteiger partial charge in [-0.15, -0.1) is 0 Å². The number of alkyl halides is 3. The summed E-state index contributed by atoms with van der Waals surface area (Å²) in [7, 11) is -3.61. The first kappa shape index (κ1) is 20.2. The summed E-state index contributed by atoms with van der Waals surface area (Å²) >= 11 is 0. The lowest BCUT2D eigenvalue weighted by molar-refractivity contribution is -0.138. The van der Waals surface area contributed by atoms with E-state index in [1.54, 1.807) is 18.2 Å². The second-order valence-electron chi connectivity index (χ2n) is 8.34. The van der Waals surface area contributed by atoms with Crippen LogP contribution in [-0.4, -0.2) is 8.42 Å². The fourth-order valence-corrected chi connectivity index (χ4v) is 4.92. The molecule has 0 aromatic heterocycles. The summed E-state index contributed by atoms with van der Waals surface area (Å²) < 4.78 is 62.8. The molecular formula is C22H22F3NO2S. The zero-order valence-corrected chi connectivity index (χ0v) is 16.8. The van der Waals surface area contributed by atoms with Crippen molar-refractivity contribution >= 4 is 21.2 Å². The molecule has 1 fully saturated rings. The summed E-state index contributed by atoms with van der Waals surface area (Å²) in [5.41, 5.74) is 3.96. The maximum atomic E-state index is 13.4. The largest absolute Gasteiger partial charge is 0.416 e. The standard InChI is InChI=1S/C22H22F3NO2S/c1-14-2-5-17(10-20(14)22(23,24)25)19-12-21(8-9-21)11-18(19)16-6-3-15(4-7-16)13-29(26,27)28/h2-7,10H,8-9,11-13H2,1H3,(H2,26,27,28). The monoisotopic (exact) mass is 421 g/mol. The zero-order valence-electron chi connectivity index (χ0n) is 16.0. The molecule has 2 aliphatic rings. The van der Waals surface area contributed by atoms with Crippen LogP contribution in [0.1, 0.15) is 53.5 Å². The van der Waals surface area contributed by atoms with Crippen molar-refractivity contribution in [2.24, 2.45) is 10.6 Å². The third kappa shape index (κ3) is 4.26. The molecule has 0 heterocycles. The Morgan fingerprint density at radius 3 is 2.03 bits per heavy atom. The van der Waals surface area contributed by atoms with Crippen LogP contribution in [0.4, 0.5) is 13.2 Å². The van der Waals surface area contributed by atoms with Crippen LogP contribution in [-0.2, 0) is 22.0 Å². The Bertz CT molecular complexity index is 1100. The summed E-state index contributed by atoms with van der Waals surface area (Å²) in [6.07, 6.45) is -0.594. The number of primary sulfonamides is 1. The highest BCUT2D eigenvalue weighted by atomic mass is 32.2. The molecule has 2 aromatic carbocycles. The number of rotatable bonds is 4. The van der Waals surface area contributed by atoms with Gasteiger partial charge in [-0.25, -0.2) is 13.6 Å². The normalized spacial score (nSPS) is 18.5. The van der Waals surface area contributed by atoms with Crippen LogP contribution in [0.3, 0.4) is 0 Å². The SMILES string of the molecule is Cc1ccc(C2=C(c3ccc(CS(N)(=O)=O)cc3)CC3(CC3)C2)cc1C(F)(F)F. The molecule has 154 valence electrons. The second-order valence-corrected chi connectivity index (χ2v) is 9.96.